The second-order valence-corrected chi connectivity index (χ2v) is 11.9. The molecule has 2 nitrogen and oxygen atoms in total. The van der Waals surface area contributed by atoms with E-state index in [1.807, 2.05) is 12.1 Å². The molecule has 4 aromatic rings. The molecule has 1 aliphatic rings. The molecular weight excluding hydrogens is 609 g/mol. The van der Waals surface area contributed by atoms with Crippen molar-refractivity contribution < 1.29 is 40.2 Å². The van der Waals surface area contributed by atoms with Crippen molar-refractivity contribution in [3.63, 3.8) is 0 Å². The highest BCUT2D eigenvalue weighted by molar-refractivity contribution is 5.71. The SMILES string of the molecule is CCCCCC1CCC(c2ccc(-c3ccc(-c4ccc(C(F)(F)Oc5ccc(OC(F)(F)F)c(F)c5)cc4)cc3)c(F)c2)CC1. The third kappa shape index (κ3) is 8.42. The Morgan fingerprint density at radius 1 is 0.652 bits per heavy atom. The standard InChI is InChI=1S/C37H35F7O2/c1-2-3-4-5-24-6-8-27(9-7-24)29-16-20-32(33(38)22-29)28-12-10-25(11-13-28)26-14-17-30(18-15-26)36(40,41)45-31-19-21-35(34(39)23-31)46-37(42,43)44/h10-24,27H,2-9H2,1H3. The molecule has 0 aliphatic heterocycles. The predicted molar refractivity (Wildman–Crippen MR) is 164 cm³/mol. The number of unbranched alkanes of at least 4 members (excludes halogenated alkanes) is 2. The summed E-state index contributed by atoms with van der Waals surface area (Å²) in [5.74, 6) is -2.45. The van der Waals surface area contributed by atoms with Crippen LogP contribution in [0.3, 0.4) is 0 Å². The van der Waals surface area contributed by atoms with E-state index in [-0.39, 0.29) is 5.82 Å². The fourth-order valence-corrected chi connectivity index (χ4v) is 6.15. The first-order valence-corrected chi connectivity index (χ1v) is 15.5. The fraction of sp³-hybridized carbons (Fsp3) is 0.351. The molecule has 46 heavy (non-hydrogen) atoms. The maximum atomic E-state index is 15.3. The Morgan fingerprint density at radius 2 is 1.28 bits per heavy atom. The maximum absolute atomic E-state index is 15.3. The molecule has 0 N–H and O–H groups in total. The summed E-state index contributed by atoms with van der Waals surface area (Å²) in [4.78, 5) is 0. The van der Waals surface area contributed by atoms with Crippen LogP contribution in [0.1, 0.15) is 75.3 Å². The molecule has 0 unspecified atom stereocenters. The minimum atomic E-state index is -5.14. The number of hydrogen-bond acceptors (Lipinski definition) is 2. The number of benzene rings is 4. The third-order valence-corrected chi connectivity index (χ3v) is 8.65. The van der Waals surface area contributed by atoms with Crippen molar-refractivity contribution in [2.24, 2.45) is 5.92 Å². The van der Waals surface area contributed by atoms with Crippen molar-refractivity contribution >= 4 is 0 Å². The average molecular weight is 645 g/mol. The molecule has 0 atom stereocenters. The molecule has 1 aliphatic carbocycles. The number of alkyl halides is 5. The van der Waals surface area contributed by atoms with Gasteiger partial charge in [-0.1, -0.05) is 81.1 Å². The molecule has 0 bridgehead atoms. The van der Waals surface area contributed by atoms with Crippen LogP contribution >= 0.6 is 0 Å². The summed E-state index contributed by atoms with van der Waals surface area (Å²) in [6, 6.07) is 19.5. The van der Waals surface area contributed by atoms with E-state index in [1.54, 1.807) is 30.3 Å². The molecule has 0 aromatic heterocycles. The lowest BCUT2D eigenvalue weighted by Crippen LogP contribution is -2.22. The van der Waals surface area contributed by atoms with Crippen LogP contribution in [-0.2, 0) is 6.11 Å². The lowest BCUT2D eigenvalue weighted by Gasteiger charge is -2.29. The first kappa shape index (κ1) is 33.4. The summed E-state index contributed by atoms with van der Waals surface area (Å²) in [6.45, 7) is 2.22. The topological polar surface area (TPSA) is 18.5 Å². The Kier molecular flexibility index (Phi) is 10.3. The van der Waals surface area contributed by atoms with E-state index in [1.165, 1.54) is 50.7 Å². The van der Waals surface area contributed by atoms with Crippen LogP contribution in [0.4, 0.5) is 30.7 Å². The van der Waals surface area contributed by atoms with E-state index in [4.69, 9.17) is 0 Å². The van der Waals surface area contributed by atoms with Crippen LogP contribution in [-0.4, -0.2) is 6.36 Å². The lowest BCUT2D eigenvalue weighted by molar-refractivity contribution is -0.275. The monoisotopic (exact) mass is 644 g/mol. The second kappa shape index (κ2) is 14.2. The first-order chi connectivity index (χ1) is 21.9. The summed E-state index contributed by atoms with van der Waals surface area (Å²) in [6.07, 6.45) is 0.642. The van der Waals surface area contributed by atoms with Gasteiger partial charge in [0, 0.05) is 11.6 Å². The number of halogens is 7. The minimum absolute atomic E-state index is 0.274. The smallest absolute Gasteiger partial charge is 0.429 e. The van der Waals surface area contributed by atoms with Gasteiger partial charge in [-0.25, -0.2) is 8.78 Å². The number of rotatable bonds is 11. The van der Waals surface area contributed by atoms with E-state index >= 15 is 4.39 Å². The Hall–Kier alpha value is -4.01. The van der Waals surface area contributed by atoms with Crippen LogP contribution < -0.4 is 9.47 Å². The maximum Gasteiger partial charge on any atom is 0.573 e. The zero-order valence-corrected chi connectivity index (χ0v) is 25.4. The van der Waals surface area contributed by atoms with Crippen molar-refractivity contribution in [2.45, 2.75) is 76.7 Å². The van der Waals surface area contributed by atoms with E-state index in [0.717, 1.165) is 48.1 Å². The van der Waals surface area contributed by atoms with Crippen LogP contribution in [0.2, 0.25) is 0 Å². The third-order valence-electron chi connectivity index (χ3n) is 8.65. The Balaban J connectivity index is 1.21. The van der Waals surface area contributed by atoms with Gasteiger partial charge in [0.15, 0.2) is 11.6 Å². The normalized spacial score (nSPS) is 17.1. The molecule has 1 saturated carbocycles. The average Bonchev–Trinajstić information content (AvgIpc) is 3.02. The number of hydrogen-bond donors (Lipinski definition) is 0. The van der Waals surface area contributed by atoms with E-state index in [9.17, 15) is 26.3 Å². The molecule has 9 heteroatoms. The zero-order valence-electron chi connectivity index (χ0n) is 25.4. The van der Waals surface area contributed by atoms with Gasteiger partial charge in [-0.2, -0.15) is 8.78 Å². The summed E-state index contributed by atoms with van der Waals surface area (Å²) in [5, 5.41) is 0. The summed E-state index contributed by atoms with van der Waals surface area (Å²) in [5.41, 5.74) is 3.02. The summed E-state index contributed by atoms with van der Waals surface area (Å²) in [7, 11) is 0. The highest BCUT2D eigenvalue weighted by Crippen LogP contribution is 2.40. The van der Waals surface area contributed by atoms with Crippen molar-refractivity contribution in [3.8, 4) is 33.8 Å². The van der Waals surface area contributed by atoms with Gasteiger partial charge in [0.2, 0.25) is 0 Å². The molecule has 0 saturated heterocycles. The highest BCUT2D eigenvalue weighted by atomic mass is 19.4. The van der Waals surface area contributed by atoms with Gasteiger partial charge in [0.25, 0.3) is 0 Å². The molecule has 1 fully saturated rings. The van der Waals surface area contributed by atoms with Gasteiger partial charge in [-0.15, -0.1) is 13.2 Å². The molecule has 5 rings (SSSR count). The first-order valence-electron chi connectivity index (χ1n) is 15.5. The largest absolute Gasteiger partial charge is 0.573 e. The molecular formula is C37H35F7O2. The van der Waals surface area contributed by atoms with Crippen molar-refractivity contribution in [3.05, 3.63) is 108 Å². The van der Waals surface area contributed by atoms with Crippen LogP contribution in [0, 0.1) is 17.6 Å². The van der Waals surface area contributed by atoms with Gasteiger partial charge in [-0.05, 0) is 90.1 Å². The van der Waals surface area contributed by atoms with E-state index < -0.39 is 35.4 Å². The summed E-state index contributed by atoms with van der Waals surface area (Å²) < 4.78 is 104. The number of ether oxygens (including phenoxy) is 2. The Morgan fingerprint density at radius 3 is 1.87 bits per heavy atom. The van der Waals surface area contributed by atoms with E-state index in [2.05, 4.69) is 16.4 Å². The molecule has 0 amide bonds. The molecule has 0 spiro atoms. The minimum Gasteiger partial charge on any atom is -0.429 e. The van der Waals surface area contributed by atoms with Crippen LogP contribution in [0.5, 0.6) is 11.5 Å². The lowest BCUT2D eigenvalue weighted by atomic mass is 9.77. The van der Waals surface area contributed by atoms with Crippen LogP contribution in [0.25, 0.3) is 22.3 Å². The van der Waals surface area contributed by atoms with Gasteiger partial charge in [-0.3, -0.25) is 0 Å². The predicted octanol–water partition coefficient (Wildman–Crippen LogP) is 12.2. The van der Waals surface area contributed by atoms with Crippen LogP contribution in [0.15, 0.2) is 84.9 Å². The Labute approximate surface area is 264 Å². The quantitative estimate of drug-likeness (QED) is 0.119. The highest BCUT2D eigenvalue weighted by Gasteiger charge is 2.36. The van der Waals surface area contributed by atoms with Gasteiger partial charge in [0.05, 0.1) is 5.56 Å². The summed E-state index contributed by atoms with van der Waals surface area (Å²) >= 11 is 0. The second-order valence-electron chi connectivity index (χ2n) is 11.9. The molecule has 244 valence electrons. The van der Waals surface area contributed by atoms with Crippen molar-refractivity contribution in [1.29, 1.82) is 0 Å². The van der Waals surface area contributed by atoms with Gasteiger partial charge >= 0.3 is 12.5 Å². The molecule has 0 radical (unpaired) electrons. The van der Waals surface area contributed by atoms with Crippen molar-refractivity contribution in [1.82, 2.24) is 0 Å². The zero-order chi connectivity index (χ0) is 32.9. The molecule has 4 aromatic carbocycles. The van der Waals surface area contributed by atoms with E-state index in [0.29, 0.717) is 34.7 Å². The van der Waals surface area contributed by atoms with Crippen molar-refractivity contribution in [2.75, 3.05) is 0 Å². The molecule has 0 heterocycles. The van der Waals surface area contributed by atoms with Gasteiger partial charge in [0.1, 0.15) is 11.6 Å². The van der Waals surface area contributed by atoms with Gasteiger partial charge < -0.3 is 9.47 Å². The Bertz CT molecular complexity index is 1590. The fourth-order valence-electron chi connectivity index (χ4n) is 6.15.